The van der Waals surface area contributed by atoms with E-state index < -0.39 is 4.92 Å². The van der Waals surface area contributed by atoms with Gasteiger partial charge in [0.15, 0.2) is 5.17 Å². The Balaban J connectivity index is 1.44. The number of halogens is 2. The third kappa shape index (κ3) is 5.67. The molecule has 1 aliphatic heterocycles. The van der Waals surface area contributed by atoms with Crippen LogP contribution in [0.25, 0.3) is 6.08 Å². The molecule has 7 nitrogen and oxygen atoms in total. The number of amidine groups is 1. The van der Waals surface area contributed by atoms with E-state index >= 15 is 0 Å². The number of amides is 1. The molecule has 172 valence electrons. The van der Waals surface area contributed by atoms with Crippen LogP contribution in [0.2, 0.25) is 5.02 Å². The monoisotopic (exact) mass is 557 g/mol. The average molecular weight is 559 g/mol. The van der Waals surface area contributed by atoms with E-state index in [2.05, 4.69) is 26.2 Å². The summed E-state index contributed by atoms with van der Waals surface area (Å²) in [5.74, 6) is 0.390. The predicted molar refractivity (Wildman–Crippen MR) is 139 cm³/mol. The zero-order valence-corrected chi connectivity index (χ0v) is 20.9. The first-order valence-corrected chi connectivity index (χ1v) is 12.0. The second kappa shape index (κ2) is 10.4. The number of benzene rings is 3. The van der Waals surface area contributed by atoms with Crippen LogP contribution in [0.5, 0.6) is 5.75 Å². The molecular weight excluding hydrogens is 542 g/mol. The van der Waals surface area contributed by atoms with E-state index in [1.54, 1.807) is 30.3 Å². The van der Waals surface area contributed by atoms with Gasteiger partial charge in [-0.15, -0.1) is 0 Å². The lowest BCUT2D eigenvalue weighted by Gasteiger charge is -2.09. The minimum absolute atomic E-state index is 0.0343. The van der Waals surface area contributed by atoms with Gasteiger partial charge in [-0.1, -0.05) is 23.7 Å². The average Bonchev–Trinajstić information content (AvgIpc) is 3.15. The first-order chi connectivity index (χ1) is 16.3. The molecule has 1 heterocycles. The molecule has 10 heteroatoms. The lowest BCUT2D eigenvalue weighted by molar-refractivity contribution is -0.384. The number of carbonyl (C=O) groups excluding carboxylic acids is 1. The van der Waals surface area contributed by atoms with Gasteiger partial charge in [-0.2, -0.15) is 0 Å². The van der Waals surface area contributed by atoms with Crippen LogP contribution in [-0.2, 0) is 11.4 Å². The summed E-state index contributed by atoms with van der Waals surface area (Å²) in [7, 11) is 0. The van der Waals surface area contributed by atoms with Crippen LogP contribution in [0.3, 0.4) is 0 Å². The molecule has 0 atom stereocenters. The Bertz CT molecular complexity index is 1340. The maximum absolute atomic E-state index is 12.4. The fourth-order valence-electron chi connectivity index (χ4n) is 3.06. The van der Waals surface area contributed by atoms with Gasteiger partial charge in [-0.05, 0) is 93.8 Å². The molecule has 1 amide bonds. The lowest BCUT2D eigenvalue weighted by Crippen LogP contribution is -2.19. The van der Waals surface area contributed by atoms with Crippen LogP contribution in [0.15, 0.2) is 75.0 Å². The van der Waals surface area contributed by atoms with E-state index in [0.717, 1.165) is 21.2 Å². The van der Waals surface area contributed by atoms with Crippen molar-refractivity contribution in [3.05, 3.63) is 102 Å². The Morgan fingerprint density at radius 3 is 2.68 bits per heavy atom. The zero-order valence-electron chi connectivity index (χ0n) is 17.7. The molecule has 4 rings (SSSR count). The third-order valence-electron chi connectivity index (χ3n) is 4.91. The van der Waals surface area contributed by atoms with Crippen LogP contribution in [0.4, 0.5) is 11.4 Å². The van der Waals surface area contributed by atoms with Gasteiger partial charge in [0.05, 0.1) is 20.0 Å². The first kappa shape index (κ1) is 24.0. The number of nitrogens with zero attached hydrogens (tertiary/aromatic N) is 2. The molecule has 34 heavy (non-hydrogen) atoms. The minimum atomic E-state index is -0.440. The highest BCUT2D eigenvalue weighted by Gasteiger charge is 2.24. The molecule has 0 unspecified atom stereocenters. The van der Waals surface area contributed by atoms with Crippen molar-refractivity contribution in [2.45, 2.75) is 13.5 Å². The Hall–Kier alpha value is -3.14. The number of hydrogen-bond acceptors (Lipinski definition) is 6. The fourth-order valence-corrected chi connectivity index (χ4v) is 4.57. The molecule has 0 aromatic heterocycles. The van der Waals surface area contributed by atoms with Crippen LogP contribution >= 0.6 is 39.3 Å². The standard InChI is InChI=1S/C24H17BrClN3O4S/c1-14-19(26)3-2-4-20(14)27-24-28-23(30)22(34-24)12-16-7-10-21(18(25)11-16)33-13-15-5-8-17(9-6-15)29(31)32/h2-12H,13H2,1H3,(H,27,28,30)/b22-12+. The van der Waals surface area contributed by atoms with Crippen LogP contribution in [0.1, 0.15) is 16.7 Å². The maximum atomic E-state index is 12.4. The molecule has 0 aliphatic carbocycles. The van der Waals surface area contributed by atoms with Gasteiger partial charge in [-0.3, -0.25) is 14.9 Å². The second-order valence-corrected chi connectivity index (χ2v) is 9.56. The van der Waals surface area contributed by atoms with E-state index in [-0.39, 0.29) is 18.2 Å². The summed E-state index contributed by atoms with van der Waals surface area (Å²) in [6.45, 7) is 2.14. The number of nitrogens with one attached hydrogen (secondary N) is 1. The Morgan fingerprint density at radius 2 is 1.97 bits per heavy atom. The number of carbonyl (C=O) groups is 1. The Labute approximate surface area is 213 Å². The summed E-state index contributed by atoms with van der Waals surface area (Å²) in [5.41, 5.74) is 3.20. The topological polar surface area (TPSA) is 93.8 Å². The summed E-state index contributed by atoms with van der Waals surface area (Å²) < 4.78 is 6.54. The van der Waals surface area contributed by atoms with Crippen LogP contribution < -0.4 is 10.1 Å². The maximum Gasteiger partial charge on any atom is 0.269 e. The van der Waals surface area contributed by atoms with Crippen molar-refractivity contribution in [2.75, 3.05) is 0 Å². The number of hydrogen-bond donors (Lipinski definition) is 1. The fraction of sp³-hybridized carbons (Fsp3) is 0.0833. The molecule has 1 saturated heterocycles. The lowest BCUT2D eigenvalue weighted by atomic mass is 10.2. The number of nitro groups is 1. The molecular formula is C24H17BrClN3O4S. The van der Waals surface area contributed by atoms with Gasteiger partial charge in [0.25, 0.3) is 11.6 Å². The summed E-state index contributed by atoms with van der Waals surface area (Å²) in [4.78, 5) is 27.8. The van der Waals surface area contributed by atoms with E-state index in [0.29, 0.717) is 26.5 Å². The zero-order chi connectivity index (χ0) is 24.2. The molecule has 0 spiro atoms. The van der Waals surface area contributed by atoms with Crippen LogP contribution in [0, 0.1) is 17.0 Å². The number of thioether (sulfide) groups is 1. The highest BCUT2D eigenvalue weighted by atomic mass is 79.9. The van der Waals surface area contributed by atoms with E-state index in [9.17, 15) is 14.9 Å². The Kier molecular flexibility index (Phi) is 7.35. The van der Waals surface area contributed by atoms with E-state index in [1.165, 1.54) is 23.9 Å². The van der Waals surface area contributed by atoms with Crippen LogP contribution in [-0.4, -0.2) is 16.0 Å². The van der Waals surface area contributed by atoms with E-state index in [4.69, 9.17) is 16.3 Å². The van der Waals surface area contributed by atoms with Gasteiger partial charge in [0, 0.05) is 17.2 Å². The van der Waals surface area contributed by atoms with Gasteiger partial charge >= 0.3 is 0 Å². The van der Waals surface area contributed by atoms with Gasteiger partial charge in [0.1, 0.15) is 12.4 Å². The molecule has 3 aromatic carbocycles. The third-order valence-corrected chi connectivity index (χ3v) is 6.85. The number of ether oxygens (including phenoxy) is 1. The quantitative estimate of drug-likeness (QED) is 0.204. The molecule has 0 bridgehead atoms. The Morgan fingerprint density at radius 1 is 1.21 bits per heavy atom. The van der Waals surface area contributed by atoms with Crippen molar-refractivity contribution in [3.8, 4) is 5.75 Å². The summed E-state index contributed by atoms with van der Waals surface area (Å²) in [6, 6.07) is 17.1. The molecule has 1 aliphatic rings. The first-order valence-electron chi connectivity index (χ1n) is 10.0. The molecule has 3 aromatic rings. The second-order valence-electron chi connectivity index (χ2n) is 7.27. The minimum Gasteiger partial charge on any atom is -0.488 e. The van der Waals surface area contributed by atoms with Crippen molar-refractivity contribution in [3.63, 3.8) is 0 Å². The highest BCUT2D eigenvalue weighted by Crippen LogP contribution is 2.33. The molecule has 1 fully saturated rings. The highest BCUT2D eigenvalue weighted by molar-refractivity contribution is 9.10. The molecule has 0 radical (unpaired) electrons. The van der Waals surface area contributed by atoms with E-state index in [1.807, 2.05) is 31.2 Å². The number of nitro benzene ring substituents is 1. The summed E-state index contributed by atoms with van der Waals surface area (Å²) >= 11 is 10.9. The normalized spacial score (nSPS) is 15.6. The SMILES string of the molecule is Cc1c(Cl)cccc1N=C1NC(=O)/C(=C\c2ccc(OCc3ccc([N+](=O)[O-])cc3)c(Br)c2)S1. The van der Waals surface area contributed by atoms with Gasteiger partial charge in [0.2, 0.25) is 0 Å². The largest absolute Gasteiger partial charge is 0.488 e. The number of non-ortho nitro benzene ring substituents is 1. The van der Waals surface area contributed by atoms with Gasteiger partial charge < -0.3 is 10.1 Å². The number of aliphatic imine (C=N–C) groups is 1. The smallest absolute Gasteiger partial charge is 0.269 e. The summed E-state index contributed by atoms with van der Waals surface area (Å²) in [5, 5.41) is 14.7. The van der Waals surface area contributed by atoms with Crippen molar-refractivity contribution < 1.29 is 14.5 Å². The van der Waals surface area contributed by atoms with Gasteiger partial charge in [-0.25, -0.2) is 4.99 Å². The number of rotatable bonds is 6. The molecule has 0 saturated carbocycles. The van der Waals surface area contributed by atoms with Crippen molar-refractivity contribution in [1.29, 1.82) is 0 Å². The predicted octanol–water partition coefficient (Wildman–Crippen LogP) is 6.79. The van der Waals surface area contributed by atoms with Crippen molar-refractivity contribution in [2.24, 2.45) is 4.99 Å². The van der Waals surface area contributed by atoms with Crippen molar-refractivity contribution in [1.82, 2.24) is 5.32 Å². The van der Waals surface area contributed by atoms with Crippen molar-refractivity contribution >= 4 is 67.8 Å². The summed E-state index contributed by atoms with van der Waals surface area (Å²) in [6.07, 6.45) is 1.78. The molecule has 1 N–H and O–H groups in total.